The van der Waals surface area contributed by atoms with Crippen LogP contribution in [0.2, 0.25) is 0 Å². The van der Waals surface area contributed by atoms with Gasteiger partial charge in [-0.2, -0.15) is 0 Å². The molecule has 1 aromatic heterocycles. The monoisotopic (exact) mass is 412 g/mol. The zero-order valence-electron chi connectivity index (χ0n) is 18.6. The molecule has 3 rings (SSSR count). The van der Waals surface area contributed by atoms with Crippen molar-refractivity contribution >= 4 is 12.0 Å². The predicted molar refractivity (Wildman–Crippen MR) is 117 cm³/mol. The van der Waals surface area contributed by atoms with Gasteiger partial charge in [0.1, 0.15) is 12.4 Å². The number of aryl methyl sites for hydroxylation is 2. The van der Waals surface area contributed by atoms with Crippen molar-refractivity contribution in [3.63, 3.8) is 0 Å². The van der Waals surface area contributed by atoms with E-state index in [2.05, 4.69) is 19.0 Å². The molecule has 162 valence electrons. The van der Waals surface area contributed by atoms with Crippen LogP contribution in [-0.2, 0) is 11.4 Å². The molecule has 1 unspecified atom stereocenters. The second kappa shape index (κ2) is 9.83. The Balaban J connectivity index is 1.68. The van der Waals surface area contributed by atoms with Gasteiger partial charge in [-0.1, -0.05) is 25.1 Å². The van der Waals surface area contributed by atoms with Gasteiger partial charge < -0.3 is 18.9 Å². The Morgan fingerprint density at radius 3 is 2.77 bits per heavy atom. The van der Waals surface area contributed by atoms with E-state index >= 15 is 0 Å². The highest BCUT2D eigenvalue weighted by Crippen LogP contribution is 2.30. The van der Waals surface area contributed by atoms with Gasteiger partial charge in [0.25, 0.3) is 0 Å². The standard InChI is InChI=1S/C24H32N2O4/c1-16(2)21-8-6-7-13-26(21)24(27)12-10-19-9-11-22(23(14-19)28-5)29-15-20-17(3)25-30-18(20)4/h9-12,14,16,21H,6-8,13,15H2,1-5H3/b12-10+. The summed E-state index contributed by atoms with van der Waals surface area (Å²) in [6.45, 7) is 9.33. The Bertz CT molecular complexity index is 881. The van der Waals surface area contributed by atoms with Crippen molar-refractivity contribution in [1.29, 1.82) is 0 Å². The van der Waals surface area contributed by atoms with Gasteiger partial charge in [0, 0.05) is 18.7 Å². The van der Waals surface area contributed by atoms with Crippen LogP contribution in [0.5, 0.6) is 11.5 Å². The number of aromatic nitrogens is 1. The first-order chi connectivity index (χ1) is 14.4. The number of carbonyl (C=O) groups excluding carboxylic acids is 1. The molecule has 1 fully saturated rings. The number of hydrogen-bond acceptors (Lipinski definition) is 5. The molecule has 1 saturated heterocycles. The first-order valence-electron chi connectivity index (χ1n) is 10.6. The van der Waals surface area contributed by atoms with Gasteiger partial charge in [0.15, 0.2) is 11.5 Å². The number of nitrogens with zero attached hydrogens (tertiary/aromatic N) is 2. The van der Waals surface area contributed by atoms with E-state index in [0.29, 0.717) is 30.1 Å². The van der Waals surface area contributed by atoms with Gasteiger partial charge >= 0.3 is 0 Å². The summed E-state index contributed by atoms with van der Waals surface area (Å²) in [5.41, 5.74) is 2.65. The lowest BCUT2D eigenvalue weighted by molar-refractivity contribution is -0.130. The van der Waals surface area contributed by atoms with Crippen molar-refractivity contribution in [2.24, 2.45) is 5.92 Å². The van der Waals surface area contributed by atoms with Gasteiger partial charge in [0.2, 0.25) is 5.91 Å². The van der Waals surface area contributed by atoms with Crippen LogP contribution in [0.1, 0.15) is 55.7 Å². The average molecular weight is 413 g/mol. The molecule has 0 spiro atoms. The maximum Gasteiger partial charge on any atom is 0.246 e. The van der Waals surface area contributed by atoms with Crippen molar-refractivity contribution < 1.29 is 18.8 Å². The second-order valence-corrected chi connectivity index (χ2v) is 8.17. The van der Waals surface area contributed by atoms with E-state index in [1.807, 2.05) is 43.0 Å². The third-order valence-corrected chi connectivity index (χ3v) is 5.76. The van der Waals surface area contributed by atoms with Crippen molar-refractivity contribution in [3.05, 3.63) is 46.9 Å². The van der Waals surface area contributed by atoms with Crippen LogP contribution in [0, 0.1) is 19.8 Å². The number of carbonyl (C=O) groups is 1. The Hall–Kier alpha value is -2.76. The maximum atomic E-state index is 12.8. The summed E-state index contributed by atoms with van der Waals surface area (Å²) in [6.07, 6.45) is 6.87. The molecule has 1 aliphatic rings. The molecule has 0 aliphatic carbocycles. The fraction of sp³-hybridized carbons (Fsp3) is 0.500. The lowest BCUT2D eigenvalue weighted by Crippen LogP contribution is -2.45. The van der Waals surface area contributed by atoms with Gasteiger partial charge in [-0.3, -0.25) is 4.79 Å². The number of likely N-dealkylation sites (tertiary alicyclic amines) is 1. The molecule has 1 atom stereocenters. The molecule has 1 amide bonds. The minimum atomic E-state index is 0.0751. The fourth-order valence-corrected chi connectivity index (χ4v) is 3.95. The van der Waals surface area contributed by atoms with E-state index in [1.165, 1.54) is 6.42 Å². The molecule has 2 heterocycles. The Morgan fingerprint density at radius 1 is 1.30 bits per heavy atom. The van der Waals surface area contributed by atoms with Crippen molar-refractivity contribution in [1.82, 2.24) is 10.1 Å². The first-order valence-corrected chi connectivity index (χ1v) is 10.6. The summed E-state index contributed by atoms with van der Waals surface area (Å²) in [4.78, 5) is 14.8. The van der Waals surface area contributed by atoms with E-state index < -0.39 is 0 Å². The zero-order chi connectivity index (χ0) is 21.7. The van der Waals surface area contributed by atoms with Crippen LogP contribution < -0.4 is 9.47 Å². The highest BCUT2D eigenvalue weighted by molar-refractivity contribution is 5.92. The van der Waals surface area contributed by atoms with Crippen LogP contribution in [0.25, 0.3) is 6.08 Å². The van der Waals surface area contributed by atoms with Gasteiger partial charge in [-0.25, -0.2) is 0 Å². The van der Waals surface area contributed by atoms with Crippen LogP contribution in [0.4, 0.5) is 0 Å². The number of piperidine rings is 1. The molecule has 6 heteroatoms. The largest absolute Gasteiger partial charge is 0.493 e. The number of methoxy groups -OCH3 is 1. The molecular weight excluding hydrogens is 380 g/mol. The molecular formula is C24H32N2O4. The third kappa shape index (κ3) is 5.04. The highest BCUT2D eigenvalue weighted by atomic mass is 16.5. The zero-order valence-corrected chi connectivity index (χ0v) is 18.6. The minimum Gasteiger partial charge on any atom is -0.493 e. The quantitative estimate of drug-likeness (QED) is 0.604. The van der Waals surface area contributed by atoms with E-state index in [9.17, 15) is 4.79 Å². The summed E-state index contributed by atoms with van der Waals surface area (Å²) in [5.74, 6) is 2.55. The molecule has 0 bridgehead atoms. The number of ether oxygens (including phenoxy) is 2. The Kier molecular flexibility index (Phi) is 7.19. The highest BCUT2D eigenvalue weighted by Gasteiger charge is 2.27. The molecule has 2 aromatic rings. The molecule has 0 saturated carbocycles. The summed E-state index contributed by atoms with van der Waals surface area (Å²) < 4.78 is 16.6. The average Bonchev–Trinajstić information content (AvgIpc) is 3.07. The summed E-state index contributed by atoms with van der Waals surface area (Å²) in [7, 11) is 1.61. The number of hydrogen-bond donors (Lipinski definition) is 0. The number of amides is 1. The number of benzene rings is 1. The number of rotatable bonds is 7. The Morgan fingerprint density at radius 2 is 2.10 bits per heavy atom. The van der Waals surface area contributed by atoms with E-state index in [0.717, 1.165) is 42.0 Å². The van der Waals surface area contributed by atoms with Gasteiger partial charge in [-0.05, 0) is 62.8 Å². The van der Waals surface area contributed by atoms with Crippen molar-refractivity contribution in [2.45, 2.75) is 59.6 Å². The topological polar surface area (TPSA) is 64.8 Å². The maximum absolute atomic E-state index is 12.8. The molecule has 1 aliphatic heterocycles. The summed E-state index contributed by atoms with van der Waals surface area (Å²) in [6, 6.07) is 5.98. The molecule has 0 N–H and O–H groups in total. The van der Waals surface area contributed by atoms with E-state index in [-0.39, 0.29) is 5.91 Å². The lowest BCUT2D eigenvalue weighted by atomic mass is 9.92. The predicted octanol–water partition coefficient (Wildman–Crippen LogP) is 4.93. The van der Waals surface area contributed by atoms with Crippen LogP contribution in [0.15, 0.2) is 28.8 Å². The smallest absolute Gasteiger partial charge is 0.246 e. The van der Waals surface area contributed by atoms with E-state index in [4.69, 9.17) is 14.0 Å². The van der Waals surface area contributed by atoms with Crippen LogP contribution in [-0.4, -0.2) is 35.7 Å². The minimum absolute atomic E-state index is 0.0751. The van der Waals surface area contributed by atoms with Crippen molar-refractivity contribution in [3.8, 4) is 11.5 Å². The fourth-order valence-electron chi connectivity index (χ4n) is 3.95. The SMILES string of the molecule is COc1cc(/C=C/C(=O)N2CCCCC2C(C)C)ccc1OCc1c(C)noc1C. The lowest BCUT2D eigenvalue weighted by Gasteiger charge is -2.37. The van der Waals surface area contributed by atoms with Gasteiger partial charge in [-0.15, -0.1) is 0 Å². The van der Waals surface area contributed by atoms with Crippen molar-refractivity contribution in [2.75, 3.05) is 13.7 Å². The molecule has 0 radical (unpaired) electrons. The Labute approximate surface area is 178 Å². The molecule has 1 aromatic carbocycles. The first kappa shape index (κ1) is 21.9. The molecule has 30 heavy (non-hydrogen) atoms. The van der Waals surface area contributed by atoms with E-state index in [1.54, 1.807) is 13.2 Å². The van der Waals surface area contributed by atoms with Crippen LogP contribution in [0.3, 0.4) is 0 Å². The second-order valence-electron chi connectivity index (χ2n) is 8.17. The summed E-state index contributed by atoms with van der Waals surface area (Å²) >= 11 is 0. The normalized spacial score (nSPS) is 17.0. The third-order valence-electron chi connectivity index (χ3n) is 5.76. The van der Waals surface area contributed by atoms with Gasteiger partial charge in [0.05, 0.1) is 18.4 Å². The summed E-state index contributed by atoms with van der Waals surface area (Å²) in [5, 5.41) is 3.95. The van der Waals surface area contributed by atoms with Crippen LogP contribution >= 0.6 is 0 Å². The molecule has 6 nitrogen and oxygen atoms in total.